The summed E-state index contributed by atoms with van der Waals surface area (Å²) in [7, 11) is 0. The minimum Gasteiger partial charge on any atom is -0.457 e. The Labute approximate surface area is 164 Å². The Balaban J connectivity index is 1.45. The molecule has 0 bridgehead atoms. The average Bonchev–Trinajstić information content (AvgIpc) is 2.69. The highest BCUT2D eigenvalue weighted by Gasteiger charge is 2.03. The van der Waals surface area contributed by atoms with Crippen LogP contribution in [-0.4, -0.2) is 0 Å². The van der Waals surface area contributed by atoms with Gasteiger partial charge >= 0.3 is 0 Å². The van der Waals surface area contributed by atoms with Crippen molar-refractivity contribution in [1.29, 1.82) is 0 Å². The van der Waals surface area contributed by atoms with Gasteiger partial charge in [0.25, 0.3) is 0 Å². The van der Waals surface area contributed by atoms with Gasteiger partial charge in [0, 0.05) is 23.5 Å². The number of hydrogen-bond acceptors (Lipinski definition) is 4. The average molecular weight is 368 g/mol. The number of hydrogen-bond donors (Lipinski definition) is 2. The van der Waals surface area contributed by atoms with E-state index < -0.39 is 0 Å². The molecule has 4 nitrogen and oxygen atoms in total. The summed E-state index contributed by atoms with van der Waals surface area (Å²) in [5.41, 5.74) is 15.1. The molecule has 0 aliphatic rings. The normalized spacial score (nSPS) is 10.4. The van der Waals surface area contributed by atoms with Gasteiger partial charge in [0.1, 0.15) is 23.0 Å². The van der Waals surface area contributed by atoms with Crippen molar-refractivity contribution in [2.75, 3.05) is 11.5 Å². The molecule has 0 radical (unpaired) electrons. The van der Waals surface area contributed by atoms with Crippen LogP contribution in [-0.2, 0) is 0 Å². The Kier molecular flexibility index (Phi) is 4.85. The van der Waals surface area contributed by atoms with Crippen LogP contribution in [0.15, 0.2) is 97.1 Å². The van der Waals surface area contributed by atoms with Crippen LogP contribution in [0, 0.1) is 0 Å². The third-order valence-corrected chi connectivity index (χ3v) is 4.23. The summed E-state index contributed by atoms with van der Waals surface area (Å²) in [6, 6.07) is 30.6. The van der Waals surface area contributed by atoms with Gasteiger partial charge in [-0.25, -0.2) is 0 Å². The van der Waals surface area contributed by atoms with Crippen molar-refractivity contribution < 1.29 is 9.47 Å². The molecule has 4 N–H and O–H groups in total. The zero-order valence-electron chi connectivity index (χ0n) is 15.2. The van der Waals surface area contributed by atoms with E-state index >= 15 is 0 Å². The number of rotatable bonds is 5. The monoisotopic (exact) mass is 368 g/mol. The lowest BCUT2D eigenvalue weighted by Gasteiger charge is -2.09. The Morgan fingerprint density at radius 1 is 0.429 bits per heavy atom. The number of nitrogens with two attached hydrogens (primary N) is 2. The van der Waals surface area contributed by atoms with Gasteiger partial charge in [0.05, 0.1) is 0 Å². The molecule has 0 heterocycles. The molecule has 0 aliphatic heterocycles. The first-order valence-corrected chi connectivity index (χ1v) is 8.93. The van der Waals surface area contributed by atoms with Crippen LogP contribution in [0.2, 0.25) is 0 Å². The highest BCUT2D eigenvalue weighted by atomic mass is 16.5. The molecule has 138 valence electrons. The lowest BCUT2D eigenvalue weighted by atomic mass is 10.1. The quantitative estimate of drug-likeness (QED) is 0.417. The van der Waals surface area contributed by atoms with Crippen molar-refractivity contribution in [3.05, 3.63) is 97.1 Å². The van der Waals surface area contributed by atoms with Crippen molar-refractivity contribution in [2.24, 2.45) is 0 Å². The molecule has 4 rings (SSSR count). The molecule has 0 aromatic heterocycles. The Bertz CT molecular complexity index is 985. The maximum absolute atomic E-state index is 5.83. The van der Waals surface area contributed by atoms with Crippen molar-refractivity contribution in [3.63, 3.8) is 0 Å². The number of nitrogen functional groups attached to an aromatic ring is 2. The SMILES string of the molecule is Nc1cccc(Oc2ccc(-c3ccc(Oc4cccc(N)c4)cc3)cc2)c1. The summed E-state index contributed by atoms with van der Waals surface area (Å²) in [6.45, 7) is 0. The van der Waals surface area contributed by atoms with Crippen LogP contribution < -0.4 is 20.9 Å². The summed E-state index contributed by atoms with van der Waals surface area (Å²) in [5, 5.41) is 0. The van der Waals surface area contributed by atoms with Crippen LogP contribution >= 0.6 is 0 Å². The summed E-state index contributed by atoms with van der Waals surface area (Å²) >= 11 is 0. The van der Waals surface area contributed by atoms with Crippen molar-refractivity contribution in [1.82, 2.24) is 0 Å². The first-order chi connectivity index (χ1) is 13.7. The van der Waals surface area contributed by atoms with Crippen molar-refractivity contribution in [2.45, 2.75) is 0 Å². The van der Waals surface area contributed by atoms with Crippen LogP contribution in [0.5, 0.6) is 23.0 Å². The van der Waals surface area contributed by atoms with E-state index in [0.29, 0.717) is 11.4 Å². The van der Waals surface area contributed by atoms with E-state index in [0.717, 1.165) is 34.1 Å². The van der Waals surface area contributed by atoms with Gasteiger partial charge < -0.3 is 20.9 Å². The maximum atomic E-state index is 5.83. The minimum absolute atomic E-state index is 0.676. The first kappa shape index (κ1) is 17.5. The molecule has 28 heavy (non-hydrogen) atoms. The number of ether oxygens (including phenoxy) is 2. The fourth-order valence-corrected chi connectivity index (χ4v) is 2.86. The van der Waals surface area contributed by atoms with E-state index in [4.69, 9.17) is 20.9 Å². The van der Waals surface area contributed by atoms with Gasteiger partial charge in [-0.1, -0.05) is 36.4 Å². The predicted molar refractivity (Wildman–Crippen MR) is 114 cm³/mol. The van der Waals surface area contributed by atoms with Crippen LogP contribution in [0.1, 0.15) is 0 Å². The summed E-state index contributed by atoms with van der Waals surface area (Å²) < 4.78 is 11.7. The van der Waals surface area contributed by atoms with E-state index in [-0.39, 0.29) is 0 Å². The molecule has 4 aromatic rings. The number of benzene rings is 4. The zero-order chi connectivity index (χ0) is 19.3. The second kappa shape index (κ2) is 7.76. The lowest BCUT2D eigenvalue weighted by molar-refractivity contribution is 0.482. The third-order valence-electron chi connectivity index (χ3n) is 4.23. The van der Waals surface area contributed by atoms with Crippen LogP contribution in [0.4, 0.5) is 11.4 Å². The lowest BCUT2D eigenvalue weighted by Crippen LogP contribution is -1.88. The van der Waals surface area contributed by atoms with E-state index in [1.807, 2.05) is 84.9 Å². The fourth-order valence-electron chi connectivity index (χ4n) is 2.86. The van der Waals surface area contributed by atoms with E-state index in [1.165, 1.54) is 0 Å². The molecule has 4 heteroatoms. The summed E-state index contributed by atoms with van der Waals surface area (Å²) in [6.07, 6.45) is 0. The molecule has 0 fully saturated rings. The summed E-state index contributed by atoms with van der Waals surface area (Å²) in [5.74, 6) is 2.96. The van der Waals surface area contributed by atoms with E-state index in [1.54, 1.807) is 12.1 Å². The van der Waals surface area contributed by atoms with Gasteiger partial charge in [-0.2, -0.15) is 0 Å². The fraction of sp³-hybridized carbons (Fsp3) is 0. The molecular formula is C24H20N2O2. The Hall–Kier alpha value is -3.92. The summed E-state index contributed by atoms with van der Waals surface area (Å²) in [4.78, 5) is 0. The highest BCUT2D eigenvalue weighted by Crippen LogP contribution is 2.29. The molecule has 0 atom stereocenters. The van der Waals surface area contributed by atoms with Crippen LogP contribution in [0.3, 0.4) is 0 Å². The predicted octanol–water partition coefficient (Wildman–Crippen LogP) is 6.10. The first-order valence-electron chi connectivity index (χ1n) is 8.93. The van der Waals surface area contributed by atoms with Crippen molar-refractivity contribution >= 4 is 11.4 Å². The Morgan fingerprint density at radius 2 is 0.821 bits per heavy atom. The second-order valence-electron chi connectivity index (χ2n) is 6.40. The topological polar surface area (TPSA) is 70.5 Å². The van der Waals surface area contributed by atoms with E-state index in [2.05, 4.69) is 0 Å². The molecular weight excluding hydrogens is 348 g/mol. The van der Waals surface area contributed by atoms with Gasteiger partial charge in [-0.15, -0.1) is 0 Å². The largest absolute Gasteiger partial charge is 0.457 e. The molecule has 0 unspecified atom stereocenters. The molecule has 0 aliphatic carbocycles. The molecule has 0 saturated heterocycles. The third kappa shape index (κ3) is 4.24. The van der Waals surface area contributed by atoms with Gasteiger partial charge in [0.2, 0.25) is 0 Å². The zero-order valence-corrected chi connectivity index (χ0v) is 15.2. The second-order valence-corrected chi connectivity index (χ2v) is 6.40. The van der Waals surface area contributed by atoms with E-state index in [9.17, 15) is 0 Å². The maximum Gasteiger partial charge on any atom is 0.129 e. The highest BCUT2D eigenvalue weighted by molar-refractivity contribution is 5.65. The van der Waals surface area contributed by atoms with Gasteiger partial charge in [-0.3, -0.25) is 0 Å². The van der Waals surface area contributed by atoms with Crippen molar-refractivity contribution in [3.8, 4) is 34.1 Å². The molecule has 0 amide bonds. The molecule has 4 aromatic carbocycles. The standard InChI is InChI=1S/C24H20N2O2/c25-19-3-1-5-23(15-19)27-21-11-7-17(8-12-21)18-9-13-22(14-10-18)28-24-6-2-4-20(26)16-24/h1-16H,25-26H2. The Morgan fingerprint density at radius 3 is 1.18 bits per heavy atom. The molecule has 0 saturated carbocycles. The van der Waals surface area contributed by atoms with Gasteiger partial charge in [0.15, 0.2) is 0 Å². The smallest absolute Gasteiger partial charge is 0.129 e. The molecule has 0 spiro atoms. The van der Waals surface area contributed by atoms with Crippen LogP contribution in [0.25, 0.3) is 11.1 Å². The van der Waals surface area contributed by atoms with Gasteiger partial charge in [-0.05, 0) is 59.7 Å². The minimum atomic E-state index is 0.676. The number of anilines is 2.